The van der Waals surface area contributed by atoms with Crippen molar-refractivity contribution in [2.24, 2.45) is 7.05 Å². The van der Waals surface area contributed by atoms with Gasteiger partial charge in [-0.3, -0.25) is 14.1 Å². The van der Waals surface area contributed by atoms with Crippen molar-refractivity contribution >= 4 is 23.8 Å². The van der Waals surface area contributed by atoms with Crippen molar-refractivity contribution in [2.45, 2.75) is 32.7 Å². The topological polar surface area (TPSA) is 90.2 Å². The summed E-state index contributed by atoms with van der Waals surface area (Å²) in [5.74, 6) is 1.56. The Labute approximate surface area is 182 Å². The molecule has 0 saturated carbocycles. The lowest BCUT2D eigenvalue weighted by atomic mass is 10.1. The molecule has 13 heteroatoms. The molecule has 0 aliphatic heterocycles. The van der Waals surface area contributed by atoms with Crippen molar-refractivity contribution in [1.82, 2.24) is 9.13 Å². The predicted molar refractivity (Wildman–Crippen MR) is 116 cm³/mol. The molecule has 2 aromatic rings. The molecular weight excluding hydrogens is 470 g/mol. The van der Waals surface area contributed by atoms with Gasteiger partial charge in [0, 0.05) is 12.6 Å². The molecule has 1 aromatic carbocycles. The first kappa shape index (κ1) is 25.4. The Balaban J connectivity index is 2.94. The fourth-order valence-electron chi connectivity index (χ4n) is 2.84. The molecule has 0 fully saturated rings. The monoisotopic (exact) mass is 491 g/mol. The van der Waals surface area contributed by atoms with E-state index in [0.29, 0.717) is 0 Å². The van der Waals surface area contributed by atoms with Crippen LogP contribution in [0.25, 0.3) is 5.69 Å². The summed E-state index contributed by atoms with van der Waals surface area (Å²) in [5.41, 5.74) is -3.15. The molecule has 174 valence electrons. The number of nitrogens with zero attached hydrogens (tertiary/aromatic N) is 2. The summed E-state index contributed by atoms with van der Waals surface area (Å²) in [6, 6.07) is 1.69. The molecule has 0 bridgehead atoms. The Morgan fingerprint density at radius 3 is 2.16 bits per heavy atom. The summed E-state index contributed by atoms with van der Waals surface area (Å²) in [4.78, 5) is 25.2. The van der Waals surface area contributed by atoms with E-state index in [1.807, 2.05) is 19.6 Å². The van der Waals surface area contributed by atoms with Crippen LogP contribution < -0.4 is 16.0 Å². The van der Waals surface area contributed by atoms with Crippen LogP contribution >= 0.6 is 0 Å². The van der Waals surface area contributed by atoms with Crippen LogP contribution in [-0.2, 0) is 23.2 Å². The van der Waals surface area contributed by atoms with Crippen LogP contribution in [0.4, 0.5) is 23.2 Å². The zero-order chi connectivity index (χ0) is 24.8. The lowest BCUT2D eigenvalue weighted by molar-refractivity contribution is -0.144. The van der Waals surface area contributed by atoms with Gasteiger partial charge in [-0.05, 0) is 19.1 Å². The number of hydrogen-bond donors (Lipinski definition) is 1. The van der Waals surface area contributed by atoms with Crippen molar-refractivity contribution in [3.05, 3.63) is 55.6 Å². The average molecular weight is 492 g/mol. The van der Waals surface area contributed by atoms with E-state index in [2.05, 4.69) is 16.2 Å². The normalized spacial score (nSPS) is 12.3. The second-order valence-corrected chi connectivity index (χ2v) is 14.7. The summed E-state index contributed by atoms with van der Waals surface area (Å²) in [5, 5.41) is 0. The Morgan fingerprint density at radius 2 is 1.69 bits per heavy atom. The lowest BCUT2D eigenvalue weighted by Crippen LogP contribution is -2.43. The molecule has 0 unspecified atom stereocenters. The number of benzene rings is 1. The number of alkyl halides is 3. The van der Waals surface area contributed by atoms with Gasteiger partial charge in [0.1, 0.15) is 19.6 Å². The highest BCUT2D eigenvalue weighted by Gasteiger charge is 2.38. The van der Waals surface area contributed by atoms with Crippen LogP contribution in [0.15, 0.2) is 21.7 Å². The van der Waals surface area contributed by atoms with Crippen molar-refractivity contribution in [2.75, 3.05) is 11.0 Å². The van der Waals surface area contributed by atoms with E-state index in [4.69, 9.17) is 0 Å². The number of sulfonamides is 1. The van der Waals surface area contributed by atoms with Crippen molar-refractivity contribution in [3.63, 3.8) is 0 Å². The van der Waals surface area contributed by atoms with E-state index in [1.165, 1.54) is 0 Å². The Hall–Kier alpha value is -2.85. The van der Waals surface area contributed by atoms with E-state index >= 15 is 0 Å². The summed E-state index contributed by atoms with van der Waals surface area (Å²) in [6.07, 6.45) is -4.16. The molecule has 0 amide bonds. The van der Waals surface area contributed by atoms with Gasteiger partial charge in [0.2, 0.25) is 10.0 Å². The standard InChI is InChI=1S/C19H21F4N3O4SSi/c1-11-16(19(21,22)23)25(2)18(28)26(17(11)27)15-10-14(24-31(3,29)30)12(9-13(15)20)7-8-32(4,5)6/h9-10,24H,1-6H3. The van der Waals surface area contributed by atoms with Crippen molar-refractivity contribution < 1.29 is 26.0 Å². The van der Waals surface area contributed by atoms with Gasteiger partial charge in [-0.15, -0.1) is 5.54 Å². The lowest BCUT2D eigenvalue weighted by Gasteiger charge is -2.18. The molecule has 7 nitrogen and oxygen atoms in total. The number of nitrogens with one attached hydrogen (secondary N) is 1. The van der Waals surface area contributed by atoms with Crippen LogP contribution in [0.3, 0.4) is 0 Å². The smallest absolute Gasteiger partial charge is 0.292 e. The third-order valence-electron chi connectivity index (χ3n) is 4.16. The van der Waals surface area contributed by atoms with Gasteiger partial charge in [0.25, 0.3) is 5.56 Å². The number of anilines is 1. The zero-order valence-corrected chi connectivity index (χ0v) is 19.9. The van der Waals surface area contributed by atoms with Crippen LogP contribution in [0, 0.1) is 24.2 Å². The molecule has 2 rings (SSSR count). The van der Waals surface area contributed by atoms with Crippen LogP contribution in [0.1, 0.15) is 16.8 Å². The van der Waals surface area contributed by atoms with Crippen molar-refractivity contribution in [3.8, 4) is 17.2 Å². The SMILES string of the molecule is Cc1c(C(F)(F)F)n(C)c(=O)n(-c2cc(NS(C)(=O)=O)c(C#C[Si](C)(C)C)cc2F)c1=O. The van der Waals surface area contributed by atoms with Gasteiger partial charge >= 0.3 is 11.9 Å². The maximum atomic E-state index is 15.0. The molecule has 0 atom stereocenters. The highest BCUT2D eigenvalue weighted by atomic mass is 32.2. The second-order valence-electron chi connectivity index (χ2n) is 8.18. The van der Waals surface area contributed by atoms with Gasteiger partial charge in [-0.1, -0.05) is 25.6 Å². The molecular formula is C19H21F4N3O4SSi. The molecule has 0 aliphatic rings. The van der Waals surface area contributed by atoms with E-state index in [1.54, 1.807) is 0 Å². The first-order valence-electron chi connectivity index (χ1n) is 9.08. The quantitative estimate of drug-likeness (QED) is 0.406. The third-order valence-corrected chi connectivity index (χ3v) is 5.62. The van der Waals surface area contributed by atoms with E-state index < -0.39 is 58.3 Å². The van der Waals surface area contributed by atoms with E-state index in [0.717, 1.165) is 32.4 Å². The molecule has 0 aliphatic carbocycles. The fraction of sp³-hybridized carbons (Fsp3) is 0.368. The largest absolute Gasteiger partial charge is 0.432 e. The van der Waals surface area contributed by atoms with Gasteiger partial charge in [0.15, 0.2) is 0 Å². The Morgan fingerprint density at radius 1 is 1.12 bits per heavy atom. The number of hydrogen-bond acceptors (Lipinski definition) is 4. The van der Waals surface area contributed by atoms with E-state index in [-0.39, 0.29) is 20.4 Å². The van der Waals surface area contributed by atoms with Crippen molar-refractivity contribution in [1.29, 1.82) is 0 Å². The molecule has 32 heavy (non-hydrogen) atoms. The highest BCUT2D eigenvalue weighted by Crippen LogP contribution is 2.30. The maximum absolute atomic E-state index is 15.0. The van der Waals surface area contributed by atoms with Gasteiger partial charge in [0.05, 0.1) is 23.2 Å². The minimum Gasteiger partial charge on any atom is -0.292 e. The summed E-state index contributed by atoms with van der Waals surface area (Å²) < 4.78 is 81.0. The number of rotatable bonds is 3. The highest BCUT2D eigenvalue weighted by molar-refractivity contribution is 7.92. The van der Waals surface area contributed by atoms with Crippen LogP contribution in [0.2, 0.25) is 19.6 Å². The summed E-state index contributed by atoms with van der Waals surface area (Å²) in [6.45, 7) is 6.58. The predicted octanol–water partition coefficient (Wildman–Crippen LogP) is 2.60. The van der Waals surface area contributed by atoms with Crippen LogP contribution in [-0.4, -0.2) is 31.9 Å². The average Bonchev–Trinajstić information content (AvgIpc) is 2.58. The minimum atomic E-state index is -4.99. The Kier molecular flexibility index (Phi) is 6.55. The molecule has 1 heterocycles. The Bertz CT molecular complexity index is 1340. The maximum Gasteiger partial charge on any atom is 0.432 e. The second kappa shape index (κ2) is 8.25. The summed E-state index contributed by atoms with van der Waals surface area (Å²) >= 11 is 0. The van der Waals surface area contributed by atoms with Gasteiger partial charge < -0.3 is 0 Å². The fourth-order valence-corrected chi connectivity index (χ4v) is 3.92. The molecule has 1 aromatic heterocycles. The van der Waals surface area contributed by atoms with Gasteiger partial charge in [-0.25, -0.2) is 22.2 Å². The first-order chi connectivity index (χ1) is 14.3. The van der Waals surface area contributed by atoms with Gasteiger partial charge in [-0.2, -0.15) is 13.2 Å². The van der Waals surface area contributed by atoms with E-state index in [9.17, 15) is 35.6 Å². The molecule has 1 N–H and O–H groups in total. The minimum absolute atomic E-state index is 0.0485. The molecule has 0 radical (unpaired) electrons. The number of aromatic nitrogens is 2. The zero-order valence-electron chi connectivity index (χ0n) is 18.1. The molecule has 0 spiro atoms. The first-order valence-corrected chi connectivity index (χ1v) is 14.5. The van der Waals surface area contributed by atoms with Crippen LogP contribution in [0.5, 0.6) is 0 Å². The number of halogens is 4. The summed E-state index contributed by atoms with van der Waals surface area (Å²) in [7, 11) is -5.02. The molecule has 0 saturated heterocycles. The third kappa shape index (κ3) is 5.49.